The lowest BCUT2D eigenvalue weighted by Gasteiger charge is -2.34. The lowest BCUT2D eigenvalue weighted by Crippen LogP contribution is -2.42. The van der Waals surface area contributed by atoms with Crippen molar-refractivity contribution in [1.82, 2.24) is 14.2 Å². The Morgan fingerprint density at radius 2 is 1.67 bits per heavy atom. The van der Waals surface area contributed by atoms with E-state index in [0.717, 1.165) is 29.7 Å². The van der Waals surface area contributed by atoms with E-state index in [-0.39, 0.29) is 17.6 Å². The topological polar surface area (TPSA) is 92.3 Å². The quantitative estimate of drug-likeness (QED) is 0.368. The van der Waals surface area contributed by atoms with Crippen molar-refractivity contribution in [3.05, 3.63) is 42.0 Å². The normalized spacial score (nSPS) is 19.6. The summed E-state index contributed by atoms with van der Waals surface area (Å²) in [5, 5.41) is 0.582. The highest BCUT2D eigenvalue weighted by atomic mass is 32.2. The first kappa shape index (κ1) is 27.8. The number of fused-ring (bicyclic) bond motifs is 2. The molecule has 0 bridgehead atoms. The van der Waals surface area contributed by atoms with Gasteiger partial charge in [0, 0.05) is 43.9 Å². The van der Waals surface area contributed by atoms with Crippen LogP contribution in [-0.4, -0.2) is 74.6 Å². The first-order valence-corrected chi connectivity index (χ1v) is 15.8. The number of sulfonamides is 1. The Labute approximate surface area is 234 Å². The molecule has 39 heavy (non-hydrogen) atoms. The molecule has 1 saturated heterocycles. The third kappa shape index (κ3) is 5.77. The molecule has 2 aliphatic heterocycles. The molecule has 2 aliphatic rings. The number of rotatable bonds is 9. The summed E-state index contributed by atoms with van der Waals surface area (Å²) in [7, 11) is -3.63. The summed E-state index contributed by atoms with van der Waals surface area (Å²) in [5.41, 5.74) is 1.16. The summed E-state index contributed by atoms with van der Waals surface area (Å²) in [4.78, 5) is 22.7. The van der Waals surface area contributed by atoms with Crippen molar-refractivity contribution in [3.63, 3.8) is 0 Å². The fourth-order valence-corrected chi connectivity index (χ4v) is 8.04. The van der Waals surface area contributed by atoms with Crippen molar-refractivity contribution < 1.29 is 22.7 Å². The van der Waals surface area contributed by atoms with Gasteiger partial charge < -0.3 is 14.4 Å². The van der Waals surface area contributed by atoms with E-state index in [9.17, 15) is 13.2 Å². The number of ether oxygens (including phenoxy) is 2. The van der Waals surface area contributed by atoms with Crippen LogP contribution < -0.4 is 14.4 Å². The van der Waals surface area contributed by atoms with Crippen LogP contribution in [0.5, 0.6) is 11.5 Å². The summed E-state index contributed by atoms with van der Waals surface area (Å²) in [5.74, 6) is 1.74. The smallest absolute Gasteiger partial charge is 0.260 e. The molecule has 3 aromatic rings. The zero-order valence-corrected chi connectivity index (χ0v) is 24.6. The lowest BCUT2D eigenvalue weighted by molar-refractivity contribution is 0.0983. The van der Waals surface area contributed by atoms with E-state index < -0.39 is 10.0 Å². The summed E-state index contributed by atoms with van der Waals surface area (Å²) in [6, 6.07) is 10.1. The highest BCUT2D eigenvalue weighted by Crippen LogP contribution is 2.40. The second kappa shape index (κ2) is 11.4. The van der Waals surface area contributed by atoms with E-state index in [1.165, 1.54) is 11.3 Å². The van der Waals surface area contributed by atoms with Gasteiger partial charge in [0.2, 0.25) is 16.8 Å². The van der Waals surface area contributed by atoms with Gasteiger partial charge in [-0.25, -0.2) is 13.4 Å². The number of thiazole rings is 1. The van der Waals surface area contributed by atoms with Crippen molar-refractivity contribution in [1.29, 1.82) is 0 Å². The van der Waals surface area contributed by atoms with E-state index in [4.69, 9.17) is 14.5 Å². The predicted molar refractivity (Wildman–Crippen MR) is 153 cm³/mol. The second-order valence-electron chi connectivity index (χ2n) is 10.4. The molecule has 9 nitrogen and oxygen atoms in total. The van der Waals surface area contributed by atoms with Crippen LogP contribution in [0.15, 0.2) is 41.3 Å². The first-order valence-electron chi connectivity index (χ1n) is 13.5. The molecule has 0 spiro atoms. The molecule has 1 fully saturated rings. The first-order chi connectivity index (χ1) is 18.7. The molecule has 2 aromatic carbocycles. The number of carbonyl (C=O) groups is 1. The van der Waals surface area contributed by atoms with Gasteiger partial charge in [-0.2, -0.15) is 4.31 Å². The van der Waals surface area contributed by atoms with Gasteiger partial charge in [-0.05, 0) is 55.6 Å². The van der Waals surface area contributed by atoms with Crippen LogP contribution in [0, 0.1) is 11.8 Å². The van der Waals surface area contributed by atoms with Gasteiger partial charge in [0.05, 0.1) is 15.1 Å². The molecule has 3 heterocycles. The molecule has 1 amide bonds. The number of carbonyl (C=O) groups excluding carboxylic acids is 1. The van der Waals surface area contributed by atoms with E-state index >= 15 is 0 Å². The fourth-order valence-electron chi connectivity index (χ4n) is 5.36. The van der Waals surface area contributed by atoms with Crippen LogP contribution in [0.1, 0.15) is 44.5 Å². The standard InChI is InChI=1S/C28H36N4O5S2/c1-5-30(6-2)11-12-32(28-29-23-14-24-25(37-18-36-24)15-26(23)38-28)27(33)21-7-9-22(10-8-21)39(34,35)31-16-19(3)13-20(4)17-31/h7-10,14-15,19-20H,5-6,11-13,16-18H2,1-4H3. The van der Waals surface area contributed by atoms with Gasteiger partial charge >= 0.3 is 0 Å². The predicted octanol–water partition coefficient (Wildman–Crippen LogP) is 4.68. The molecule has 1 aromatic heterocycles. The largest absolute Gasteiger partial charge is 0.454 e. The molecule has 2 atom stereocenters. The maximum atomic E-state index is 13.8. The molecular weight excluding hydrogens is 536 g/mol. The highest BCUT2D eigenvalue weighted by molar-refractivity contribution is 7.89. The Balaban J connectivity index is 1.42. The summed E-state index contributed by atoms with van der Waals surface area (Å²) < 4.78 is 40.2. The van der Waals surface area contributed by atoms with Crippen molar-refractivity contribution in [2.75, 3.05) is 51.0 Å². The number of hydrogen-bond donors (Lipinski definition) is 0. The minimum Gasteiger partial charge on any atom is -0.454 e. The van der Waals surface area contributed by atoms with Gasteiger partial charge in [-0.3, -0.25) is 9.69 Å². The Hall–Kier alpha value is -2.73. The molecule has 0 saturated carbocycles. The maximum absolute atomic E-state index is 13.8. The van der Waals surface area contributed by atoms with Crippen LogP contribution >= 0.6 is 11.3 Å². The molecule has 210 valence electrons. The Morgan fingerprint density at radius 1 is 1.03 bits per heavy atom. The Kier molecular flexibility index (Phi) is 8.14. The molecule has 0 aliphatic carbocycles. The Morgan fingerprint density at radius 3 is 2.31 bits per heavy atom. The van der Waals surface area contributed by atoms with Crippen molar-refractivity contribution >= 4 is 42.6 Å². The average molecular weight is 573 g/mol. The minimum atomic E-state index is -3.63. The van der Waals surface area contributed by atoms with Crippen molar-refractivity contribution in [2.24, 2.45) is 11.8 Å². The maximum Gasteiger partial charge on any atom is 0.260 e. The van der Waals surface area contributed by atoms with E-state index in [1.54, 1.807) is 33.5 Å². The number of likely N-dealkylation sites (N-methyl/N-ethyl adjacent to an activating group) is 1. The van der Waals surface area contributed by atoms with Crippen LogP contribution in [-0.2, 0) is 10.0 Å². The third-order valence-electron chi connectivity index (χ3n) is 7.46. The van der Waals surface area contributed by atoms with Crippen LogP contribution in [0.2, 0.25) is 0 Å². The summed E-state index contributed by atoms with van der Waals surface area (Å²) >= 11 is 1.43. The number of nitrogens with zero attached hydrogens (tertiary/aromatic N) is 4. The fraction of sp³-hybridized carbons (Fsp3) is 0.500. The number of benzene rings is 2. The second-order valence-corrected chi connectivity index (χ2v) is 13.4. The van der Waals surface area contributed by atoms with Gasteiger partial charge in [0.25, 0.3) is 5.91 Å². The van der Waals surface area contributed by atoms with Gasteiger partial charge in [0.15, 0.2) is 16.6 Å². The minimum absolute atomic E-state index is 0.190. The average Bonchev–Trinajstić information content (AvgIpc) is 3.55. The van der Waals surface area contributed by atoms with Crippen molar-refractivity contribution in [3.8, 4) is 11.5 Å². The zero-order valence-electron chi connectivity index (χ0n) is 22.9. The van der Waals surface area contributed by atoms with Crippen LogP contribution in [0.4, 0.5) is 5.13 Å². The van der Waals surface area contributed by atoms with Crippen LogP contribution in [0.25, 0.3) is 10.2 Å². The highest BCUT2D eigenvalue weighted by Gasteiger charge is 2.32. The number of aromatic nitrogens is 1. The third-order valence-corrected chi connectivity index (χ3v) is 10.3. The molecular formula is C28H36N4O5S2. The van der Waals surface area contributed by atoms with E-state index in [1.807, 2.05) is 12.1 Å². The van der Waals surface area contributed by atoms with E-state index in [2.05, 4.69) is 32.6 Å². The molecule has 5 rings (SSSR count). The van der Waals surface area contributed by atoms with Gasteiger partial charge in [-0.1, -0.05) is 39.0 Å². The lowest BCUT2D eigenvalue weighted by atomic mass is 9.94. The van der Waals surface area contributed by atoms with Gasteiger partial charge in [-0.15, -0.1) is 0 Å². The molecule has 0 radical (unpaired) electrons. The Bertz CT molecular complexity index is 1390. The molecule has 2 unspecified atom stereocenters. The molecule has 11 heteroatoms. The number of anilines is 1. The summed E-state index contributed by atoms with van der Waals surface area (Å²) in [6.45, 7) is 12.5. The van der Waals surface area contributed by atoms with Crippen LogP contribution in [0.3, 0.4) is 0 Å². The monoisotopic (exact) mass is 572 g/mol. The van der Waals surface area contributed by atoms with E-state index in [0.29, 0.717) is 60.2 Å². The molecule has 0 N–H and O–H groups in total. The number of amides is 1. The number of hydrogen-bond acceptors (Lipinski definition) is 8. The van der Waals surface area contributed by atoms with Crippen molar-refractivity contribution in [2.45, 2.75) is 39.0 Å². The SMILES string of the molecule is CCN(CC)CCN(C(=O)c1ccc(S(=O)(=O)N2CC(C)CC(C)C2)cc1)c1nc2cc3c(cc2s1)OCO3. The van der Waals surface area contributed by atoms with Gasteiger partial charge in [0.1, 0.15) is 0 Å². The number of piperidine rings is 1. The zero-order chi connectivity index (χ0) is 27.7. The summed E-state index contributed by atoms with van der Waals surface area (Å²) in [6.07, 6.45) is 1.03.